The molecule has 0 bridgehead atoms. The Balaban J connectivity index is 1.40. The summed E-state index contributed by atoms with van der Waals surface area (Å²) >= 11 is 0. The first-order valence-corrected chi connectivity index (χ1v) is 9.28. The summed E-state index contributed by atoms with van der Waals surface area (Å²) in [5.41, 5.74) is 2.13. The van der Waals surface area contributed by atoms with E-state index in [-0.39, 0.29) is 6.10 Å². The monoisotopic (exact) mass is 355 g/mol. The van der Waals surface area contributed by atoms with Crippen molar-refractivity contribution in [1.29, 1.82) is 0 Å². The van der Waals surface area contributed by atoms with Gasteiger partial charge in [0.1, 0.15) is 11.6 Å². The Kier molecular flexibility index (Phi) is 4.76. The quantitative estimate of drug-likeness (QED) is 0.858. The van der Waals surface area contributed by atoms with E-state index in [1.807, 2.05) is 25.3 Å². The zero-order valence-corrected chi connectivity index (χ0v) is 15.3. The van der Waals surface area contributed by atoms with E-state index in [1.165, 1.54) is 0 Å². The molecule has 6 nitrogen and oxygen atoms in total. The fourth-order valence-electron chi connectivity index (χ4n) is 3.81. The Morgan fingerprint density at radius 2 is 2.04 bits per heavy atom. The molecule has 0 aliphatic heterocycles. The Morgan fingerprint density at radius 3 is 2.73 bits per heavy atom. The van der Waals surface area contributed by atoms with Gasteiger partial charge in [-0.25, -0.2) is 4.98 Å². The largest absolute Gasteiger partial charge is 0.495 e. The third-order valence-corrected chi connectivity index (χ3v) is 5.48. The van der Waals surface area contributed by atoms with E-state index >= 15 is 0 Å². The second-order valence-corrected chi connectivity index (χ2v) is 7.38. The van der Waals surface area contributed by atoms with E-state index in [0.717, 1.165) is 42.7 Å². The molecule has 0 radical (unpaired) electrons. The SMILES string of the molecule is COc1ccc([C@H]2C[C@@H]2COc2nc(C)ncc2C2CCC(O)C2)nc1. The van der Waals surface area contributed by atoms with Crippen LogP contribution in [0.2, 0.25) is 0 Å². The van der Waals surface area contributed by atoms with E-state index in [0.29, 0.717) is 36.1 Å². The van der Waals surface area contributed by atoms with E-state index in [4.69, 9.17) is 9.47 Å². The van der Waals surface area contributed by atoms with Crippen LogP contribution in [0, 0.1) is 12.8 Å². The highest BCUT2D eigenvalue weighted by Crippen LogP contribution is 2.47. The van der Waals surface area contributed by atoms with Crippen LogP contribution in [-0.2, 0) is 0 Å². The Hall–Kier alpha value is -2.21. The summed E-state index contributed by atoms with van der Waals surface area (Å²) in [6.45, 7) is 2.51. The van der Waals surface area contributed by atoms with Crippen molar-refractivity contribution in [3.63, 3.8) is 0 Å². The predicted octanol–water partition coefficient (Wildman–Crippen LogP) is 3.00. The number of aryl methyl sites for hydroxylation is 1. The molecule has 4 rings (SSSR count). The first-order valence-electron chi connectivity index (χ1n) is 9.28. The number of aromatic nitrogens is 3. The van der Waals surface area contributed by atoms with Gasteiger partial charge in [0.15, 0.2) is 0 Å². The lowest BCUT2D eigenvalue weighted by molar-refractivity contribution is 0.181. The molecule has 26 heavy (non-hydrogen) atoms. The molecule has 0 amide bonds. The van der Waals surface area contributed by atoms with Gasteiger partial charge in [0, 0.05) is 29.3 Å². The number of methoxy groups -OCH3 is 1. The fraction of sp³-hybridized carbons (Fsp3) is 0.550. The van der Waals surface area contributed by atoms with E-state index < -0.39 is 0 Å². The van der Waals surface area contributed by atoms with Crippen LogP contribution >= 0.6 is 0 Å². The van der Waals surface area contributed by atoms with Crippen molar-refractivity contribution < 1.29 is 14.6 Å². The summed E-state index contributed by atoms with van der Waals surface area (Å²) in [5, 5.41) is 9.84. The van der Waals surface area contributed by atoms with Gasteiger partial charge in [-0.1, -0.05) is 0 Å². The van der Waals surface area contributed by atoms with Crippen molar-refractivity contribution in [2.75, 3.05) is 13.7 Å². The minimum atomic E-state index is -0.219. The van der Waals surface area contributed by atoms with Crippen molar-refractivity contribution in [1.82, 2.24) is 15.0 Å². The Labute approximate surface area is 153 Å². The molecule has 6 heteroatoms. The lowest BCUT2D eigenvalue weighted by Crippen LogP contribution is -2.09. The van der Waals surface area contributed by atoms with Gasteiger partial charge < -0.3 is 14.6 Å². The molecule has 1 N–H and O–H groups in total. The smallest absolute Gasteiger partial charge is 0.220 e. The summed E-state index contributed by atoms with van der Waals surface area (Å²) in [5.74, 6) is 3.38. The number of ether oxygens (including phenoxy) is 2. The molecule has 4 atom stereocenters. The second-order valence-electron chi connectivity index (χ2n) is 7.38. The molecular weight excluding hydrogens is 330 g/mol. The average Bonchev–Trinajstić information content (AvgIpc) is 3.31. The fourth-order valence-corrected chi connectivity index (χ4v) is 3.81. The van der Waals surface area contributed by atoms with E-state index in [9.17, 15) is 5.11 Å². The molecule has 2 aromatic heterocycles. The van der Waals surface area contributed by atoms with Crippen LogP contribution in [0.5, 0.6) is 11.6 Å². The zero-order chi connectivity index (χ0) is 18.1. The Bertz CT molecular complexity index is 765. The normalized spacial score (nSPS) is 27.3. The van der Waals surface area contributed by atoms with Crippen LogP contribution in [0.1, 0.15) is 54.6 Å². The molecule has 2 aliphatic carbocycles. The van der Waals surface area contributed by atoms with Gasteiger partial charge in [0.2, 0.25) is 5.88 Å². The standard InChI is InChI=1S/C20H25N3O3/c1-12-21-10-18(13-3-4-15(24)7-13)20(23-12)26-11-14-8-17(14)19-6-5-16(25-2)9-22-19/h5-6,9-10,13-15,17,24H,3-4,7-8,11H2,1-2H3/t13?,14-,15?,17+/m1/s1. The van der Waals surface area contributed by atoms with Gasteiger partial charge in [-0.15, -0.1) is 0 Å². The summed E-state index contributed by atoms with van der Waals surface area (Å²) < 4.78 is 11.3. The number of aliphatic hydroxyl groups is 1. The van der Waals surface area contributed by atoms with Crippen molar-refractivity contribution in [2.45, 2.75) is 50.5 Å². The predicted molar refractivity (Wildman–Crippen MR) is 96.5 cm³/mol. The number of hydrogen-bond acceptors (Lipinski definition) is 6. The molecule has 138 valence electrons. The number of nitrogens with zero attached hydrogens (tertiary/aromatic N) is 3. The summed E-state index contributed by atoms with van der Waals surface area (Å²) in [4.78, 5) is 13.3. The van der Waals surface area contributed by atoms with Crippen LogP contribution in [0.4, 0.5) is 0 Å². The number of aliphatic hydroxyl groups excluding tert-OH is 1. The summed E-state index contributed by atoms with van der Waals surface area (Å²) in [7, 11) is 1.65. The van der Waals surface area contributed by atoms with Crippen LogP contribution in [0.25, 0.3) is 0 Å². The van der Waals surface area contributed by atoms with Gasteiger partial charge in [-0.2, -0.15) is 4.98 Å². The van der Waals surface area contributed by atoms with Crippen molar-refractivity contribution >= 4 is 0 Å². The maximum Gasteiger partial charge on any atom is 0.220 e. The molecule has 2 aliphatic rings. The summed E-state index contributed by atoms with van der Waals surface area (Å²) in [6.07, 6.45) is 7.07. The zero-order valence-electron chi connectivity index (χ0n) is 15.3. The maximum atomic E-state index is 9.84. The molecule has 0 aromatic carbocycles. The minimum absolute atomic E-state index is 0.219. The first kappa shape index (κ1) is 17.2. The molecule has 0 saturated heterocycles. The van der Waals surface area contributed by atoms with Gasteiger partial charge in [0.05, 0.1) is 26.0 Å². The molecule has 0 spiro atoms. The van der Waals surface area contributed by atoms with Gasteiger partial charge in [0.25, 0.3) is 0 Å². The molecule has 2 aromatic rings. The highest BCUT2D eigenvalue weighted by atomic mass is 16.5. The molecule has 2 unspecified atom stereocenters. The van der Waals surface area contributed by atoms with Crippen molar-refractivity contribution in [3.8, 4) is 11.6 Å². The highest BCUT2D eigenvalue weighted by Gasteiger charge is 2.40. The lowest BCUT2D eigenvalue weighted by Gasteiger charge is -2.15. The molecule has 2 saturated carbocycles. The van der Waals surface area contributed by atoms with Gasteiger partial charge >= 0.3 is 0 Å². The highest BCUT2D eigenvalue weighted by molar-refractivity contribution is 5.30. The maximum absolute atomic E-state index is 9.84. The molecule has 2 fully saturated rings. The average molecular weight is 355 g/mol. The topological polar surface area (TPSA) is 77.4 Å². The lowest BCUT2D eigenvalue weighted by atomic mass is 10.00. The van der Waals surface area contributed by atoms with E-state index in [2.05, 4.69) is 15.0 Å². The number of pyridine rings is 1. The summed E-state index contributed by atoms with van der Waals surface area (Å²) in [6, 6.07) is 3.99. The van der Waals surface area contributed by atoms with Crippen LogP contribution in [0.15, 0.2) is 24.5 Å². The van der Waals surface area contributed by atoms with Gasteiger partial charge in [-0.05, 0) is 50.7 Å². The van der Waals surface area contributed by atoms with Crippen LogP contribution in [0.3, 0.4) is 0 Å². The van der Waals surface area contributed by atoms with Gasteiger partial charge in [-0.3, -0.25) is 4.98 Å². The number of rotatable bonds is 6. The third-order valence-electron chi connectivity index (χ3n) is 5.48. The van der Waals surface area contributed by atoms with E-state index in [1.54, 1.807) is 13.3 Å². The van der Waals surface area contributed by atoms with Crippen LogP contribution < -0.4 is 9.47 Å². The molecule has 2 heterocycles. The molecular formula is C20H25N3O3. The Morgan fingerprint density at radius 1 is 1.15 bits per heavy atom. The second kappa shape index (κ2) is 7.19. The van der Waals surface area contributed by atoms with Crippen molar-refractivity contribution in [2.24, 2.45) is 5.92 Å². The van der Waals surface area contributed by atoms with Crippen molar-refractivity contribution in [3.05, 3.63) is 41.6 Å². The number of hydrogen-bond donors (Lipinski definition) is 1. The van der Waals surface area contributed by atoms with Crippen LogP contribution in [-0.4, -0.2) is 39.9 Å². The third kappa shape index (κ3) is 3.65. The minimum Gasteiger partial charge on any atom is -0.495 e. The first-order chi connectivity index (χ1) is 12.6.